The van der Waals surface area contributed by atoms with Gasteiger partial charge in [-0.2, -0.15) is 0 Å². The molecule has 0 bridgehead atoms. The maximum Gasteiger partial charge on any atom is 0.232 e. The molecule has 5 heteroatoms. The Kier molecular flexibility index (Phi) is 5.58. The molecule has 0 aromatic carbocycles. The lowest BCUT2D eigenvalue weighted by molar-refractivity contribution is -0.143. The van der Waals surface area contributed by atoms with E-state index in [1.165, 1.54) is 0 Å². The molecule has 4 nitrogen and oxygen atoms in total. The minimum Gasteiger partial charge on any atom is -0.384 e. The van der Waals surface area contributed by atoms with Gasteiger partial charge in [0.25, 0.3) is 0 Å². The predicted molar refractivity (Wildman–Crippen MR) is 65.8 cm³/mol. The molecule has 0 spiro atoms. The van der Waals surface area contributed by atoms with Gasteiger partial charge >= 0.3 is 0 Å². The van der Waals surface area contributed by atoms with Crippen LogP contribution in [-0.2, 0) is 14.3 Å². The van der Waals surface area contributed by atoms with Crippen molar-refractivity contribution in [3.63, 3.8) is 0 Å². The average molecular weight is 247 g/mol. The quantitative estimate of drug-likeness (QED) is 0.680. The average Bonchev–Trinajstić information content (AvgIpc) is 2.22. The van der Waals surface area contributed by atoms with Crippen molar-refractivity contribution in [1.29, 1.82) is 0 Å². The van der Waals surface area contributed by atoms with Crippen LogP contribution in [0.3, 0.4) is 0 Å². The van der Waals surface area contributed by atoms with Crippen molar-refractivity contribution < 1.29 is 14.3 Å². The van der Waals surface area contributed by atoms with E-state index < -0.39 is 0 Å². The first-order chi connectivity index (χ1) is 7.55. The highest BCUT2D eigenvalue weighted by Gasteiger charge is 2.29. The van der Waals surface area contributed by atoms with Crippen LogP contribution in [0.1, 0.15) is 13.8 Å². The zero-order valence-corrected chi connectivity index (χ0v) is 11.1. The Balaban J connectivity index is 2.25. The highest BCUT2D eigenvalue weighted by Crippen LogP contribution is 2.17. The maximum atomic E-state index is 11.9. The van der Waals surface area contributed by atoms with Crippen LogP contribution in [0.5, 0.6) is 0 Å². The molecular weight excluding hydrogens is 226 g/mol. The molecule has 0 aromatic heterocycles. The fourth-order valence-electron chi connectivity index (χ4n) is 1.62. The van der Waals surface area contributed by atoms with E-state index in [4.69, 9.17) is 9.47 Å². The van der Waals surface area contributed by atoms with E-state index in [1.54, 1.807) is 18.9 Å². The fraction of sp³-hybridized carbons (Fsp3) is 0.909. The summed E-state index contributed by atoms with van der Waals surface area (Å²) >= 11 is 1.62. The molecule has 94 valence electrons. The van der Waals surface area contributed by atoms with Crippen LogP contribution in [0.25, 0.3) is 0 Å². The van der Waals surface area contributed by atoms with Crippen molar-refractivity contribution in [2.24, 2.45) is 0 Å². The Bertz CT molecular complexity index is 233. The molecule has 16 heavy (non-hydrogen) atoms. The van der Waals surface area contributed by atoms with Crippen molar-refractivity contribution in [1.82, 2.24) is 4.90 Å². The van der Waals surface area contributed by atoms with Crippen LogP contribution < -0.4 is 0 Å². The van der Waals surface area contributed by atoms with Gasteiger partial charge in [0.2, 0.25) is 5.91 Å². The number of nitrogens with zero attached hydrogens (tertiary/aromatic N) is 1. The first-order valence-electron chi connectivity index (χ1n) is 5.53. The lowest BCUT2D eigenvalue weighted by atomic mass is 10.1. The van der Waals surface area contributed by atoms with Gasteiger partial charge in [-0.05, 0) is 13.8 Å². The molecule has 0 unspecified atom stereocenters. The standard InChI is InChI=1S/C11H21NO3S/c1-11(2)9-12(4-5-15-11)10(13)8-16-7-6-14-3/h4-9H2,1-3H3. The summed E-state index contributed by atoms with van der Waals surface area (Å²) in [6.45, 7) is 6.78. The van der Waals surface area contributed by atoms with E-state index in [0.717, 1.165) is 5.75 Å². The van der Waals surface area contributed by atoms with Crippen molar-refractivity contribution >= 4 is 17.7 Å². The Morgan fingerprint density at radius 3 is 2.94 bits per heavy atom. The largest absolute Gasteiger partial charge is 0.384 e. The Morgan fingerprint density at radius 1 is 1.56 bits per heavy atom. The molecule has 0 aliphatic carbocycles. The molecule has 1 aliphatic heterocycles. The van der Waals surface area contributed by atoms with Gasteiger partial charge in [0, 0.05) is 26.0 Å². The summed E-state index contributed by atoms with van der Waals surface area (Å²) in [6.07, 6.45) is 0. The number of hydrogen-bond donors (Lipinski definition) is 0. The van der Waals surface area contributed by atoms with Crippen LogP contribution in [0.2, 0.25) is 0 Å². The fourth-order valence-corrected chi connectivity index (χ4v) is 2.41. The number of rotatable bonds is 5. The van der Waals surface area contributed by atoms with Crippen molar-refractivity contribution in [2.45, 2.75) is 19.4 Å². The monoisotopic (exact) mass is 247 g/mol. The molecule has 1 amide bonds. The molecule has 0 aromatic rings. The minimum atomic E-state index is -0.203. The van der Waals surface area contributed by atoms with E-state index in [2.05, 4.69) is 0 Å². The maximum absolute atomic E-state index is 11.9. The lowest BCUT2D eigenvalue weighted by Crippen LogP contribution is -2.51. The normalized spacial score (nSPS) is 19.8. The highest BCUT2D eigenvalue weighted by molar-refractivity contribution is 7.99. The number of hydrogen-bond acceptors (Lipinski definition) is 4. The minimum absolute atomic E-state index is 0.203. The summed E-state index contributed by atoms with van der Waals surface area (Å²) in [6, 6.07) is 0. The van der Waals surface area contributed by atoms with Gasteiger partial charge in [0.05, 0.1) is 24.6 Å². The number of morpholine rings is 1. The van der Waals surface area contributed by atoms with E-state index >= 15 is 0 Å². The number of carbonyl (C=O) groups excluding carboxylic acids is 1. The van der Waals surface area contributed by atoms with Crippen LogP contribution >= 0.6 is 11.8 Å². The first-order valence-corrected chi connectivity index (χ1v) is 6.69. The molecule has 1 saturated heterocycles. The molecule has 0 radical (unpaired) electrons. The predicted octanol–water partition coefficient (Wildman–Crippen LogP) is 1.00. The number of thioether (sulfide) groups is 1. The summed E-state index contributed by atoms with van der Waals surface area (Å²) in [4.78, 5) is 13.7. The van der Waals surface area contributed by atoms with E-state index in [-0.39, 0.29) is 11.5 Å². The van der Waals surface area contributed by atoms with Gasteiger partial charge in [0.15, 0.2) is 0 Å². The van der Waals surface area contributed by atoms with Crippen LogP contribution in [0.4, 0.5) is 0 Å². The zero-order valence-electron chi connectivity index (χ0n) is 10.3. The summed E-state index contributed by atoms with van der Waals surface area (Å²) in [5, 5.41) is 0. The second-order valence-electron chi connectivity index (χ2n) is 4.47. The molecule has 1 aliphatic rings. The zero-order chi connectivity index (χ0) is 12.0. The number of ether oxygens (including phenoxy) is 2. The van der Waals surface area contributed by atoms with Crippen LogP contribution in [0.15, 0.2) is 0 Å². The number of carbonyl (C=O) groups is 1. The lowest BCUT2D eigenvalue weighted by Gasteiger charge is -2.38. The second-order valence-corrected chi connectivity index (χ2v) is 5.57. The van der Waals surface area contributed by atoms with E-state index in [0.29, 0.717) is 32.1 Å². The molecule has 1 fully saturated rings. The highest BCUT2D eigenvalue weighted by atomic mass is 32.2. The second kappa shape index (κ2) is 6.47. The molecule has 1 heterocycles. The molecule has 0 N–H and O–H groups in total. The molecule has 0 atom stereocenters. The van der Waals surface area contributed by atoms with Crippen molar-refractivity contribution in [3.05, 3.63) is 0 Å². The summed E-state index contributed by atoms with van der Waals surface area (Å²) in [7, 11) is 1.67. The smallest absolute Gasteiger partial charge is 0.232 e. The van der Waals surface area contributed by atoms with Gasteiger partial charge < -0.3 is 14.4 Å². The summed E-state index contributed by atoms with van der Waals surface area (Å²) < 4.78 is 10.5. The van der Waals surface area contributed by atoms with Gasteiger partial charge in [0.1, 0.15) is 0 Å². The van der Waals surface area contributed by atoms with E-state index in [9.17, 15) is 4.79 Å². The third-order valence-corrected chi connectivity index (χ3v) is 3.34. The van der Waals surface area contributed by atoms with Gasteiger partial charge in [-0.15, -0.1) is 11.8 Å². The molecule has 1 rings (SSSR count). The Labute approximate surface area is 102 Å². The van der Waals surface area contributed by atoms with Crippen LogP contribution in [0, 0.1) is 0 Å². The van der Waals surface area contributed by atoms with Gasteiger partial charge in [-0.25, -0.2) is 0 Å². The summed E-state index contributed by atoms with van der Waals surface area (Å²) in [5.41, 5.74) is -0.203. The number of methoxy groups -OCH3 is 1. The van der Waals surface area contributed by atoms with Gasteiger partial charge in [-0.1, -0.05) is 0 Å². The molecular formula is C11H21NO3S. The van der Waals surface area contributed by atoms with Crippen LogP contribution in [-0.4, -0.2) is 61.3 Å². The Morgan fingerprint density at radius 2 is 2.31 bits per heavy atom. The SMILES string of the molecule is COCCSCC(=O)N1CCOC(C)(C)C1. The molecule has 0 saturated carbocycles. The third-order valence-electron chi connectivity index (χ3n) is 2.44. The van der Waals surface area contributed by atoms with E-state index in [1.807, 2.05) is 18.7 Å². The van der Waals surface area contributed by atoms with Crippen molar-refractivity contribution in [3.8, 4) is 0 Å². The summed E-state index contributed by atoms with van der Waals surface area (Å²) in [5.74, 6) is 1.62. The topological polar surface area (TPSA) is 38.8 Å². The van der Waals surface area contributed by atoms with Gasteiger partial charge in [-0.3, -0.25) is 4.79 Å². The number of amides is 1. The Hall–Kier alpha value is -0.260. The third kappa shape index (κ3) is 4.72. The first kappa shape index (κ1) is 13.8. The van der Waals surface area contributed by atoms with Crippen molar-refractivity contribution in [2.75, 3.05) is 44.9 Å².